The van der Waals surface area contributed by atoms with E-state index in [1.54, 1.807) is 0 Å². The lowest BCUT2D eigenvalue weighted by Gasteiger charge is -2.06. The molecule has 6 heteroatoms. The van der Waals surface area contributed by atoms with E-state index in [0.717, 1.165) is 0 Å². The van der Waals surface area contributed by atoms with Crippen LogP contribution in [0.3, 0.4) is 0 Å². The number of aliphatic imine (C=N–C) groups is 1. The number of halogens is 4. The predicted molar refractivity (Wildman–Crippen MR) is 58.8 cm³/mol. The monoisotopic (exact) mass is 269 g/mol. The fourth-order valence-electron chi connectivity index (χ4n) is 0.896. The first-order chi connectivity index (χ1) is 6.61. The molecule has 0 bridgehead atoms. The van der Waals surface area contributed by atoms with Crippen LogP contribution in [0.4, 0.5) is 5.69 Å². The summed E-state index contributed by atoms with van der Waals surface area (Å²) in [6.45, 7) is 0. The van der Waals surface area contributed by atoms with Crippen LogP contribution in [-0.2, 0) is 10.7 Å². The van der Waals surface area contributed by atoms with Gasteiger partial charge in [-0.05, 0) is 6.07 Å². The SMILES string of the molecule is O=C=Nc1cc(Cl)c(Cl)c(Cl)c1CCl. The summed E-state index contributed by atoms with van der Waals surface area (Å²) in [5.41, 5.74) is 0.750. The maximum absolute atomic E-state index is 10.1. The summed E-state index contributed by atoms with van der Waals surface area (Å²) in [5.74, 6) is 0.0935. The van der Waals surface area contributed by atoms with Crippen molar-refractivity contribution in [2.24, 2.45) is 4.99 Å². The van der Waals surface area contributed by atoms with Gasteiger partial charge in [-0.25, -0.2) is 4.79 Å². The van der Waals surface area contributed by atoms with E-state index < -0.39 is 0 Å². The Morgan fingerprint density at radius 2 is 1.93 bits per heavy atom. The average Bonchev–Trinajstić information content (AvgIpc) is 2.16. The number of alkyl halides is 1. The van der Waals surface area contributed by atoms with E-state index in [2.05, 4.69) is 4.99 Å². The van der Waals surface area contributed by atoms with Gasteiger partial charge < -0.3 is 0 Å². The van der Waals surface area contributed by atoms with Gasteiger partial charge >= 0.3 is 0 Å². The van der Waals surface area contributed by atoms with E-state index in [1.165, 1.54) is 12.1 Å². The first kappa shape index (κ1) is 11.8. The molecule has 14 heavy (non-hydrogen) atoms. The highest BCUT2D eigenvalue weighted by molar-refractivity contribution is 6.48. The van der Waals surface area contributed by atoms with E-state index in [-0.39, 0.29) is 26.6 Å². The van der Waals surface area contributed by atoms with Crippen molar-refractivity contribution in [3.8, 4) is 0 Å². The highest BCUT2D eigenvalue weighted by Gasteiger charge is 2.13. The second-order valence-electron chi connectivity index (χ2n) is 2.32. The van der Waals surface area contributed by atoms with Gasteiger partial charge in [0.25, 0.3) is 0 Å². The first-order valence-electron chi connectivity index (χ1n) is 3.42. The van der Waals surface area contributed by atoms with Crippen molar-refractivity contribution in [3.05, 3.63) is 26.7 Å². The van der Waals surface area contributed by atoms with Gasteiger partial charge in [0.1, 0.15) is 0 Å². The summed E-state index contributed by atoms with van der Waals surface area (Å²) in [7, 11) is 0. The summed E-state index contributed by atoms with van der Waals surface area (Å²) in [4.78, 5) is 13.5. The highest BCUT2D eigenvalue weighted by Crippen LogP contribution is 2.39. The standard InChI is InChI=1S/C8H3Cl4NO/c9-2-4-6(13-3-14)1-5(10)8(12)7(4)11/h1H,2H2. The summed E-state index contributed by atoms with van der Waals surface area (Å²) in [5, 5.41) is 0.636. The highest BCUT2D eigenvalue weighted by atomic mass is 35.5. The van der Waals surface area contributed by atoms with Crippen molar-refractivity contribution in [2.45, 2.75) is 5.88 Å². The molecule has 1 aromatic rings. The van der Waals surface area contributed by atoms with Gasteiger partial charge in [-0.15, -0.1) is 11.6 Å². The second-order valence-corrected chi connectivity index (χ2v) is 3.75. The van der Waals surface area contributed by atoms with Gasteiger partial charge in [0.05, 0.1) is 26.6 Å². The third kappa shape index (κ3) is 2.22. The minimum absolute atomic E-state index is 0.0935. The molecule has 74 valence electrons. The third-order valence-corrected chi connectivity index (χ3v) is 3.11. The zero-order valence-electron chi connectivity index (χ0n) is 6.65. The number of rotatable bonds is 2. The lowest BCUT2D eigenvalue weighted by atomic mass is 10.2. The van der Waals surface area contributed by atoms with Crippen LogP contribution in [0.1, 0.15) is 5.56 Å². The molecular formula is C8H3Cl4NO. The van der Waals surface area contributed by atoms with Crippen LogP contribution in [0.5, 0.6) is 0 Å². The molecule has 0 N–H and O–H groups in total. The Balaban J connectivity index is 3.50. The van der Waals surface area contributed by atoms with Crippen LogP contribution in [0, 0.1) is 0 Å². The van der Waals surface area contributed by atoms with Crippen LogP contribution >= 0.6 is 46.4 Å². The summed E-state index contributed by atoms with van der Waals surface area (Å²) >= 11 is 23.0. The van der Waals surface area contributed by atoms with Gasteiger partial charge in [0.15, 0.2) is 0 Å². The Morgan fingerprint density at radius 1 is 1.29 bits per heavy atom. The van der Waals surface area contributed by atoms with Gasteiger partial charge in [0, 0.05) is 5.56 Å². The zero-order chi connectivity index (χ0) is 10.7. The third-order valence-electron chi connectivity index (χ3n) is 1.54. The minimum atomic E-state index is 0.0935. The molecule has 0 aliphatic rings. The topological polar surface area (TPSA) is 29.4 Å². The van der Waals surface area contributed by atoms with Crippen LogP contribution in [0.2, 0.25) is 15.1 Å². The fraction of sp³-hybridized carbons (Fsp3) is 0.125. The number of hydrogen-bond donors (Lipinski definition) is 0. The van der Waals surface area contributed by atoms with Crippen molar-refractivity contribution >= 4 is 58.2 Å². The molecule has 0 aliphatic carbocycles. The van der Waals surface area contributed by atoms with E-state index in [0.29, 0.717) is 5.56 Å². The van der Waals surface area contributed by atoms with Crippen LogP contribution in [-0.4, -0.2) is 6.08 Å². The molecule has 1 rings (SSSR count). The largest absolute Gasteiger partial charge is 0.240 e. The predicted octanol–water partition coefficient (Wildman–Crippen LogP) is 4.35. The molecule has 1 aromatic carbocycles. The van der Waals surface area contributed by atoms with Crippen molar-refractivity contribution in [3.63, 3.8) is 0 Å². The normalized spacial score (nSPS) is 9.71. The first-order valence-corrected chi connectivity index (χ1v) is 5.08. The number of isocyanates is 1. The van der Waals surface area contributed by atoms with Gasteiger partial charge in [-0.1, -0.05) is 34.8 Å². The molecule has 0 amide bonds. The molecule has 0 unspecified atom stereocenters. The Kier molecular flexibility index (Phi) is 4.24. The quantitative estimate of drug-likeness (QED) is 0.340. The van der Waals surface area contributed by atoms with E-state index in [4.69, 9.17) is 46.4 Å². The molecule has 0 saturated carbocycles. The summed E-state index contributed by atoms with van der Waals surface area (Å²) < 4.78 is 0. The Labute approximate surface area is 100 Å². The maximum atomic E-state index is 10.1. The molecule has 0 aromatic heterocycles. The molecule has 0 saturated heterocycles. The zero-order valence-corrected chi connectivity index (χ0v) is 9.68. The molecule has 0 aliphatic heterocycles. The Bertz CT molecular complexity index is 412. The molecule has 0 heterocycles. The Morgan fingerprint density at radius 3 is 2.43 bits per heavy atom. The van der Waals surface area contributed by atoms with E-state index in [9.17, 15) is 4.79 Å². The molecule has 0 fully saturated rings. The van der Waals surface area contributed by atoms with Crippen molar-refractivity contribution in [1.82, 2.24) is 0 Å². The van der Waals surface area contributed by atoms with Gasteiger partial charge in [-0.3, -0.25) is 0 Å². The van der Waals surface area contributed by atoms with Crippen LogP contribution in [0.15, 0.2) is 11.1 Å². The Hall–Kier alpha value is -0.240. The second kappa shape index (κ2) is 5.01. The van der Waals surface area contributed by atoms with E-state index >= 15 is 0 Å². The van der Waals surface area contributed by atoms with Gasteiger partial charge in [0.2, 0.25) is 6.08 Å². The smallest absolute Gasteiger partial charge is 0.211 e. The summed E-state index contributed by atoms with van der Waals surface area (Å²) in [6, 6.07) is 1.42. The van der Waals surface area contributed by atoms with E-state index in [1.807, 2.05) is 0 Å². The van der Waals surface area contributed by atoms with Crippen molar-refractivity contribution in [1.29, 1.82) is 0 Å². The number of carbonyl (C=O) groups excluding carboxylic acids is 1. The molecule has 0 atom stereocenters. The lowest BCUT2D eigenvalue weighted by Crippen LogP contribution is -1.84. The maximum Gasteiger partial charge on any atom is 0.240 e. The lowest BCUT2D eigenvalue weighted by molar-refractivity contribution is 0.565. The molecular weight excluding hydrogens is 268 g/mol. The van der Waals surface area contributed by atoms with Crippen molar-refractivity contribution < 1.29 is 4.79 Å². The average molecular weight is 271 g/mol. The van der Waals surface area contributed by atoms with Crippen LogP contribution < -0.4 is 0 Å². The summed E-state index contributed by atoms with van der Waals surface area (Å²) in [6.07, 6.45) is 1.39. The van der Waals surface area contributed by atoms with Gasteiger partial charge in [-0.2, -0.15) is 4.99 Å². The van der Waals surface area contributed by atoms with Crippen LogP contribution in [0.25, 0.3) is 0 Å². The minimum Gasteiger partial charge on any atom is -0.211 e. The molecule has 0 radical (unpaired) electrons. The van der Waals surface area contributed by atoms with Crippen molar-refractivity contribution in [2.75, 3.05) is 0 Å². The number of nitrogens with zero attached hydrogens (tertiary/aromatic N) is 1. The number of benzene rings is 1. The molecule has 0 spiro atoms. The molecule has 2 nitrogen and oxygen atoms in total. The fourth-order valence-corrected chi connectivity index (χ4v) is 1.92. The number of hydrogen-bond acceptors (Lipinski definition) is 2.